The molecule has 1 aromatic rings. The van der Waals surface area contributed by atoms with Crippen molar-refractivity contribution in [1.29, 1.82) is 0 Å². The number of hydrogen-bond donors (Lipinski definition) is 2. The van der Waals surface area contributed by atoms with E-state index in [0.29, 0.717) is 6.54 Å². The maximum atomic E-state index is 12.0. The molecule has 1 aliphatic heterocycles. The lowest BCUT2D eigenvalue weighted by atomic mass is 9.95. The van der Waals surface area contributed by atoms with Crippen molar-refractivity contribution in [2.75, 3.05) is 18.0 Å². The summed E-state index contributed by atoms with van der Waals surface area (Å²) in [7, 11) is 0. The van der Waals surface area contributed by atoms with Crippen LogP contribution in [-0.4, -0.2) is 24.5 Å². The number of nitrogens with two attached hydrogens (primary N) is 1. The maximum absolute atomic E-state index is 12.0. The smallest absolute Gasteiger partial charge is 0.245 e. The average Bonchev–Trinajstić information content (AvgIpc) is 2.32. The van der Waals surface area contributed by atoms with Crippen LogP contribution in [0.5, 0.6) is 0 Å². The molecule has 0 unspecified atom stereocenters. The Labute approximate surface area is 108 Å². The van der Waals surface area contributed by atoms with Gasteiger partial charge >= 0.3 is 0 Å². The maximum Gasteiger partial charge on any atom is 0.245 e. The molecule has 1 heterocycles. The van der Waals surface area contributed by atoms with Gasteiger partial charge in [0.2, 0.25) is 5.91 Å². The molecule has 1 atom stereocenters. The molecule has 0 radical (unpaired) electrons. The van der Waals surface area contributed by atoms with E-state index in [0.717, 1.165) is 17.8 Å². The van der Waals surface area contributed by atoms with Gasteiger partial charge in [-0.25, -0.2) is 0 Å². The van der Waals surface area contributed by atoms with Crippen molar-refractivity contribution in [2.45, 2.75) is 32.4 Å². The molecule has 2 rings (SSSR count). The number of anilines is 1. The number of nitrogens with one attached hydrogen (secondary N) is 1. The predicted molar refractivity (Wildman–Crippen MR) is 73.5 cm³/mol. The summed E-state index contributed by atoms with van der Waals surface area (Å²) in [5, 5.41) is 2.91. The Hall–Kier alpha value is -1.55. The molecule has 18 heavy (non-hydrogen) atoms. The van der Waals surface area contributed by atoms with Gasteiger partial charge in [0.25, 0.3) is 0 Å². The molecule has 0 saturated carbocycles. The summed E-state index contributed by atoms with van der Waals surface area (Å²) < 4.78 is 0. The van der Waals surface area contributed by atoms with Gasteiger partial charge in [-0.05, 0) is 32.4 Å². The van der Waals surface area contributed by atoms with Gasteiger partial charge in [0.1, 0.15) is 5.54 Å². The van der Waals surface area contributed by atoms with Gasteiger partial charge in [-0.1, -0.05) is 18.2 Å². The first-order chi connectivity index (χ1) is 8.44. The highest BCUT2D eigenvalue weighted by Gasteiger charge is 2.38. The second-order valence-electron chi connectivity index (χ2n) is 5.31. The van der Waals surface area contributed by atoms with Crippen molar-refractivity contribution < 1.29 is 4.79 Å². The third-order valence-corrected chi connectivity index (χ3v) is 3.57. The highest BCUT2D eigenvalue weighted by atomic mass is 16.2. The van der Waals surface area contributed by atoms with Crippen LogP contribution in [0.15, 0.2) is 24.3 Å². The molecule has 3 N–H and O–H groups in total. The summed E-state index contributed by atoms with van der Waals surface area (Å²) in [5.74, 6) is 0.0632. The molecule has 4 heteroatoms. The van der Waals surface area contributed by atoms with Gasteiger partial charge in [0.05, 0.1) is 0 Å². The first kappa shape index (κ1) is 12.9. The van der Waals surface area contributed by atoms with Crippen LogP contribution in [0.4, 0.5) is 5.69 Å². The van der Waals surface area contributed by atoms with Gasteiger partial charge in [0.15, 0.2) is 0 Å². The Balaban J connectivity index is 2.45. The van der Waals surface area contributed by atoms with Crippen molar-refractivity contribution in [3.05, 3.63) is 29.8 Å². The van der Waals surface area contributed by atoms with Crippen LogP contribution in [0.2, 0.25) is 0 Å². The fraction of sp³-hybridized carbons (Fsp3) is 0.500. The van der Waals surface area contributed by atoms with E-state index in [2.05, 4.69) is 10.2 Å². The van der Waals surface area contributed by atoms with Crippen molar-refractivity contribution in [3.8, 4) is 0 Å². The zero-order valence-corrected chi connectivity index (χ0v) is 11.2. The Kier molecular flexibility index (Phi) is 3.30. The van der Waals surface area contributed by atoms with Crippen LogP contribution in [-0.2, 0) is 4.79 Å². The minimum atomic E-state index is -0.538. The number of carbonyl (C=O) groups excluding carboxylic acids is 1. The topological polar surface area (TPSA) is 58.4 Å². The molecule has 1 fully saturated rings. The number of carbonyl (C=O) groups is 1. The third-order valence-electron chi connectivity index (χ3n) is 3.57. The Morgan fingerprint density at radius 2 is 2.06 bits per heavy atom. The molecule has 1 amide bonds. The molecule has 0 aliphatic carbocycles. The lowest BCUT2D eigenvalue weighted by Gasteiger charge is -2.44. The van der Waals surface area contributed by atoms with E-state index in [-0.39, 0.29) is 11.9 Å². The third kappa shape index (κ3) is 2.08. The van der Waals surface area contributed by atoms with E-state index in [9.17, 15) is 4.79 Å². The zero-order valence-electron chi connectivity index (χ0n) is 11.2. The van der Waals surface area contributed by atoms with Crippen LogP contribution >= 0.6 is 0 Å². The Morgan fingerprint density at radius 1 is 1.39 bits per heavy atom. The van der Waals surface area contributed by atoms with Crippen LogP contribution in [0.25, 0.3) is 0 Å². The minimum absolute atomic E-state index is 0.0398. The number of hydrogen-bond acceptors (Lipinski definition) is 3. The molecule has 0 aromatic heterocycles. The van der Waals surface area contributed by atoms with E-state index < -0.39 is 5.54 Å². The number of benzene rings is 1. The van der Waals surface area contributed by atoms with E-state index in [1.807, 2.05) is 45.0 Å². The van der Waals surface area contributed by atoms with Crippen molar-refractivity contribution >= 4 is 11.6 Å². The Morgan fingerprint density at radius 3 is 2.72 bits per heavy atom. The average molecular weight is 247 g/mol. The summed E-state index contributed by atoms with van der Waals surface area (Å²) in [4.78, 5) is 14.1. The largest absolute Gasteiger partial charge is 0.355 e. The number of amides is 1. The van der Waals surface area contributed by atoms with Crippen molar-refractivity contribution in [2.24, 2.45) is 5.73 Å². The molecular formula is C14H21N3O. The van der Waals surface area contributed by atoms with E-state index in [1.165, 1.54) is 0 Å². The molecule has 0 bridgehead atoms. The molecular weight excluding hydrogens is 226 g/mol. The van der Waals surface area contributed by atoms with Gasteiger partial charge in [-0.2, -0.15) is 0 Å². The molecule has 1 saturated heterocycles. The summed E-state index contributed by atoms with van der Waals surface area (Å²) in [6.07, 6.45) is 0. The highest BCUT2D eigenvalue weighted by molar-refractivity contribution is 5.90. The number of piperazine rings is 1. The Bertz CT molecular complexity index is 454. The highest BCUT2D eigenvalue weighted by Crippen LogP contribution is 2.31. The van der Waals surface area contributed by atoms with Gasteiger partial charge < -0.3 is 16.0 Å². The molecule has 1 aliphatic rings. The first-order valence-corrected chi connectivity index (χ1v) is 6.35. The SMILES string of the molecule is C[C@H](N)c1ccccc1N1CCNC(=O)C1(C)C. The second kappa shape index (κ2) is 4.61. The van der Waals surface area contributed by atoms with Crippen molar-refractivity contribution in [3.63, 3.8) is 0 Å². The minimum Gasteiger partial charge on any atom is -0.355 e. The number of nitrogens with zero attached hydrogens (tertiary/aromatic N) is 1. The number of para-hydroxylation sites is 1. The molecule has 98 valence electrons. The fourth-order valence-electron chi connectivity index (χ4n) is 2.44. The lowest BCUT2D eigenvalue weighted by Crippen LogP contribution is -2.62. The summed E-state index contributed by atoms with van der Waals surface area (Å²) in [6, 6.07) is 8.01. The molecule has 0 spiro atoms. The number of rotatable bonds is 2. The van der Waals surface area contributed by atoms with E-state index in [4.69, 9.17) is 5.73 Å². The van der Waals surface area contributed by atoms with E-state index in [1.54, 1.807) is 0 Å². The first-order valence-electron chi connectivity index (χ1n) is 6.35. The van der Waals surface area contributed by atoms with Gasteiger partial charge in [0, 0.05) is 24.8 Å². The fourth-order valence-corrected chi connectivity index (χ4v) is 2.44. The van der Waals surface area contributed by atoms with Gasteiger partial charge in [-0.15, -0.1) is 0 Å². The summed E-state index contributed by atoms with van der Waals surface area (Å²) >= 11 is 0. The summed E-state index contributed by atoms with van der Waals surface area (Å²) in [5.41, 5.74) is 7.62. The predicted octanol–water partition coefficient (Wildman–Crippen LogP) is 1.42. The van der Waals surface area contributed by atoms with Crippen LogP contribution in [0.1, 0.15) is 32.4 Å². The lowest BCUT2D eigenvalue weighted by molar-refractivity contribution is -0.126. The molecule has 1 aromatic carbocycles. The van der Waals surface area contributed by atoms with E-state index >= 15 is 0 Å². The van der Waals surface area contributed by atoms with Crippen molar-refractivity contribution in [1.82, 2.24) is 5.32 Å². The van der Waals surface area contributed by atoms with Crippen LogP contribution < -0.4 is 16.0 Å². The standard InChI is InChI=1S/C14H21N3O/c1-10(15)11-6-4-5-7-12(11)17-9-8-16-13(18)14(17,2)3/h4-7,10H,8-9,15H2,1-3H3,(H,16,18)/t10-/m0/s1. The summed E-state index contributed by atoms with van der Waals surface area (Å²) in [6.45, 7) is 7.34. The zero-order chi connectivity index (χ0) is 13.3. The van der Waals surface area contributed by atoms with Crippen LogP contribution in [0.3, 0.4) is 0 Å². The van der Waals surface area contributed by atoms with Crippen LogP contribution in [0, 0.1) is 0 Å². The quantitative estimate of drug-likeness (QED) is 0.831. The monoisotopic (exact) mass is 247 g/mol. The normalized spacial score (nSPS) is 20.4. The second-order valence-corrected chi connectivity index (χ2v) is 5.31. The molecule has 4 nitrogen and oxygen atoms in total. The van der Waals surface area contributed by atoms with Gasteiger partial charge in [-0.3, -0.25) is 4.79 Å².